The summed E-state index contributed by atoms with van der Waals surface area (Å²) in [4.78, 5) is 11.8. The Morgan fingerprint density at radius 2 is 2.00 bits per heavy atom. The minimum atomic E-state index is -0.434. The highest BCUT2D eigenvalue weighted by atomic mass is 16.7. The van der Waals surface area contributed by atoms with E-state index in [2.05, 4.69) is 5.32 Å². The molecule has 116 valence electrons. The maximum absolute atomic E-state index is 11.8. The van der Waals surface area contributed by atoms with Gasteiger partial charge in [0.15, 0.2) is 5.79 Å². The number of amides is 1. The van der Waals surface area contributed by atoms with Gasteiger partial charge in [0, 0.05) is 26.5 Å². The Bertz CT molecular complexity index is 307. The summed E-state index contributed by atoms with van der Waals surface area (Å²) in [7, 11) is 1.61. The number of ether oxygens (including phenoxy) is 4. The molecule has 1 amide bonds. The number of methoxy groups -OCH3 is 1. The quantitative estimate of drug-likeness (QED) is 0.733. The van der Waals surface area contributed by atoms with Crippen LogP contribution in [0.3, 0.4) is 0 Å². The smallest absolute Gasteiger partial charge is 0.248 e. The maximum atomic E-state index is 11.8. The summed E-state index contributed by atoms with van der Waals surface area (Å²) in [5.74, 6) is -0.459. The molecule has 6 heteroatoms. The van der Waals surface area contributed by atoms with Gasteiger partial charge in [-0.2, -0.15) is 0 Å². The molecular formula is C14H25NO5. The van der Waals surface area contributed by atoms with E-state index in [0.29, 0.717) is 26.4 Å². The normalized spacial score (nSPS) is 23.9. The molecule has 1 atom stereocenters. The molecule has 1 saturated heterocycles. The molecule has 1 saturated carbocycles. The first-order valence-electron chi connectivity index (χ1n) is 7.35. The predicted octanol–water partition coefficient (Wildman–Crippen LogP) is 0.840. The Kier molecular flexibility index (Phi) is 5.77. The van der Waals surface area contributed by atoms with E-state index < -0.39 is 6.10 Å². The van der Waals surface area contributed by atoms with Crippen LogP contribution in [0.5, 0.6) is 0 Å². The van der Waals surface area contributed by atoms with E-state index in [4.69, 9.17) is 18.9 Å². The van der Waals surface area contributed by atoms with Crippen LogP contribution in [0.25, 0.3) is 0 Å². The Morgan fingerprint density at radius 3 is 2.60 bits per heavy atom. The molecule has 0 bridgehead atoms. The summed E-state index contributed by atoms with van der Waals surface area (Å²) >= 11 is 0. The SMILES string of the molecule is COCCNC(=O)C(C)OC1CCC2(CC1)OCCO2. The summed E-state index contributed by atoms with van der Waals surface area (Å²) in [6.45, 7) is 4.18. The second-order valence-electron chi connectivity index (χ2n) is 5.37. The summed E-state index contributed by atoms with van der Waals surface area (Å²) in [5, 5.41) is 2.78. The molecule has 0 radical (unpaired) electrons. The Balaban J connectivity index is 1.67. The molecule has 1 aliphatic heterocycles. The van der Waals surface area contributed by atoms with Crippen LogP contribution in [0.1, 0.15) is 32.6 Å². The molecule has 20 heavy (non-hydrogen) atoms. The molecule has 1 N–H and O–H groups in total. The van der Waals surface area contributed by atoms with Gasteiger partial charge in [-0.3, -0.25) is 4.79 Å². The zero-order valence-electron chi connectivity index (χ0n) is 12.4. The molecule has 0 aromatic rings. The lowest BCUT2D eigenvalue weighted by atomic mass is 9.91. The van der Waals surface area contributed by atoms with E-state index >= 15 is 0 Å². The van der Waals surface area contributed by atoms with Crippen LogP contribution in [0, 0.1) is 0 Å². The average Bonchev–Trinajstić information content (AvgIpc) is 2.90. The lowest BCUT2D eigenvalue weighted by molar-refractivity contribution is -0.195. The van der Waals surface area contributed by atoms with Crippen LogP contribution in [0.15, 0.2) is 0 Å². The second kappa shape index (κ2) is 7.36. The third kappa shape index (κ3) is 4.15. The first kappa shape index (κ1) is 15.7. The van der Waals surface area contributed by atoms with Crippen LogP contribution >= 0.6 is 0 Å². The molecule has 2 fully saturated rings. The van der Waals surface area contributed by atoms with Gasteiger partial charge in [0.25, 0.3) is 0 Å². The Hall–Kier alpha value is -0.690. The first-order chi connectivity index (χ1) is 9.65. The van der Waals surface area contributed by atoms with E-state index in [0.717, 1.165) is 25.7 Å². The Labute approximate surface area is 120 Å². The van der Waals surface area contributed by atoms with Crippen molar-refractivity contribution in [3.05, 3.63) is 0 Å². The van der Waals surface area contributed by atoms with Gasteiger partial charge >= 0.3 is 0 Å². The van der Waals surface area contributed by atoms with E-state index in [-0.39, 0.29) is 17.8 Å². The third-order valence-electron chi connectivity index (χ3n) is 3.88. The highest BCUT2D eigenvalue weighted by Gasteiger charge is 2.41. The van der Waals surface area contributed by atoms with E-state index in [1.54, 1.807) is 14.0 Å². The van der Waals surface area contributed by atoms with Crippen LogP contribution < -0.4 is 5.32 Å². The number of carbonyl (C=O) groups excluding carboxylic acids is 1. The number of hydrogen-bond acceptors (Lipinski definition) is 5. The molecule has 6 nitrogen and oxygen atoms in total. The fourth-order valence-corrected chi connectivity index (χ4v) is 2.72. The summed E-state index contributed by atoms with van der Waals surface area (Å²) in [6, 6.07) is 0. The van der Waals surface area contributed by atoms with Crippen molar-refractivity contribution < 1.29 is 23.7 Å². The summed E-state index contributed by atoms with van der Waals surface area (Å²) in [5.41, 5.74) is 0. The van der Waals surface area contributed by atoms with Gasteiger partial charge in [-0.05, 0) is 19.8 Å². The molecular weight excluding hydrogens is 262 g/mol. The van der Waals surface area contributed by atoms with Crippen molar-refractivity contribution in [1.82, 2.24) is 5.32 Å². The molecule has 1 unspecified atom stereocenters. The first-order valence-corrected chi connectivity index (χ1v) is 7.35. The van der Waals surface area contributed by atoms with E-state index in [9.17, 15) is 4.79 Å². The predicted molar refractivity (Wildman–Crippen MR) is 72.3 cm³/mol. The lowest BCUT2D eigenvalue weighted by Gasteiger charge is -2.36. The molecule has 1 heterocycles. The zero-order valence-corrected chi connectivity index (χ0v) is 12.4. The highest BCUT2D eigenvalue weighted by Crippen LogP contribution is 2.36. The number of nitrogens with one attached hydrogen (secondary N) is 1. The summed E-state index contributed by atoms with van der Waals surface area (Å²) in [6.07, 6.45) is 3.10. The van der Waals surface area contributed by atoms with Crippen molar-refractivity contribution in [2.75, 3.05) is 33.5 Å². The van der Waals surface area contributed by atoms with Crippen molar-refractivity contribution in [3.8, 4) is 0 Å². The third-order valence-corrected chi connectivity index (χ3v) is 3.88. The fourth-order valence-electron chi connectivity index (χ4n) is 2.72. The molecule has 2 rings (SSSR count). The van der Waals surface area contributed by atoms with Crippen LogP contribution in [0.4, 0.5) is 0 Å². The largest absolute Gasteiger partial charge is 0.383 e. The fraction of sp³-hybridized carbons (Fsp3) is 0.929. The minimum Gasteiger partial charge on any atom is -0.383 e. The van der Waals surface area contributed by atoms with Gasteiger partial charge in [-0.25, -0.2) is 0 Å². The molecule has 0 aromatic heterocycles. The van der Waals surface area contributed by atoms with E-state index in [1.165, 1.54) is 0 Å². The van der Waals surface area contributed by atoms with Gasteiger partial charge in [0.1, 0.15) is 6.10 Å². The highest BCUT2D eigenvalue weighted by molar-refractivity contribution is 5.80. The molecule has 0 aromatic carbocycles. The van der Waals surface area contributed by atoms with Crippen molar-refractivity contribution in [3.63, 3.8) is 0 Å². The van der Waals surface area contributed by atoms with Gasteiger partial charge in [0.2, 0.25) is 5.91 Å². The topological polar surface area (TPSA) is 66.0 Å². The van der Waals surface area contributed by atoms with Crippen molar-refractivity contribution in [2.24, 2.45) is 0 Å². The number of hydrogen-bond donors (Lipinski definition) is 1. The number of rotatable bonds is 6. The van der Waals surface area contributed by atoms with Gasteiger partial charge < -0.3 is 24.3 Å². The van der Waals surface area contributed by atoms with Crippen molar-refractivity contribution >= 4 is 5.91 Å². The Morgan fingerprint density at radius 1 is 1.35 bits per heavy atom. The standard InChI is InChI=1S/C14H25NO5/c1-11(13(16)15-7-8-17-2)20-12-3-5-14(6-4-12)18-9-10-19-14/h11-12H,3-10H2,1-2H3,(H,15,16). The van der Waals surface area contributed by atoms with Gasteiger partial charge in [0.05, 0.1) is 25.9 Å². The number of carbonyl (C=O) groups is 1. The average molecular weight is 287 g/mol. The lowest BCUT2D eigenvalue weighted by Crippen LogP contribution is -2.42. The van der Waals surface area contributed by atoms with E-state index in [1.807, 2.05) is 0 Å². The molecule has 1 spiro atoms. The maximum Gasteiger partial charge on any atom is 0.248 e. The monoisotopic (exact) mass is 287 g/mol. The molecule has 1 aliphatic carbocycles. The van der Waals surface area contributed by atoms with Crippen LogP contribution in [-0.2, 0) is 23.7 Å². The van der Waals surface area contributed by atoms with Crippen LogP contribution in [0.2, 0.25) is 0 Å². The van der Waals surface area contributed by atoms with Crippen LogP contribution in [-0.4, -0.2) is 57.4 Å². The minimum absolute atomic E-state index is 0.0873. The van der Waals surface area contributed by atoms with Crippen molar-refractivity contribution in [1.29, 1.82) is 0 Å². The zero-order chi connectivity index (χ0) is 14.4. The van der Waals surface area contributed by atoms with Gasteiger partial charge in [-0.15, -0.1) is 0 Å². The molecule has 2 aliphatic rings. The second-order valence-corrected chi connectivity index (χ2v) is 5.37. The summed E-state index contributed by atoms with van der Waals surface area (Å²) < 4.78 is 22.1. The van der Waals surface area contributed by atoms with Gasteiger partial charge in [-0.1, -0.05) is 0 Å². The van der Waals surface area contributed by atoms with Crippen molar-refractivity contribution in [2.45, 2.75) is 50.6 Å².